The van der Waals surface area contributed by atoms with Crippen LogP contribution in [0.4, 0.5) is 0 Å². The third-order valence-electron chi connectivity index (χ3n) is 2.88. The third-order valence-corrected chi connectivity index (χ3v) is 4.35. The standard InChI is InChI=1S/C12H22OS/c1-4-11(14-10(2)3)12(13)8-6-5-7-9-12/h4,10-11,13H,1,5-9H2,2-3H3. The molecule has 1 saturated carbocycles. The van der Waals surface area contributed by atoms with Gasteiger partial charge in [0.2, 0.25) is 0 Å². The highest BCUT2D eigenvalue weighted by molar-refractivity contribution is 8.00. The van der Waals surface area contributed by atoms with Crippen molar-refractivity contribution in [3.8, 4) is 0 Å². The molecule has 0 heterocycles. The van der Waals surface area contributed by atoms with Crippen molar-refractivity contribution in [2.24, 2.45) is 0 Å². The van der Waals surface area contributed by atoms with Gasteiger partial charge in [0.05, 0.1) is 10.9 Å². The Bertz CT molecular complexity index is 183. The van der Waals surface area contributed by atoms with E-state index in [2.05, 4.69) is 20.4 Å². The van der Waals surface area contributed by atoms with Gasteiger partial charge in [0.15, 0.2) is 0 Å². The summed E-state index contributed by atoms with van der Waals surface area (Å²) in [6.07, 6.45) is 7.43. The molecule has 2 heteroatoms. The van der Waals surface area contributed by atoms with E-state index in [-0.39, 0.29) is 5.25 Å². The fraction of sp³-hybridized carbons (Fsp3) is 0.833. The summed E-state index contributed by atoms with van der Waals surface area (Å²) >= 11 is 1.84. The first-order valence-corrected chi connectivity index (χ1v) is 6.53. The lowest BCUT2D eigenvalue weighted by Crippen LogP contribution is -2.41. The highest BCUT2D eigenvalue weighted by atomic mass is 32.2. The molecule has 0 aliphatic heterocycles. The van der Waals surface area contributed by atoms with Gasteiger partial charge in [0.25, 0.3) is 0 Å². The highest BCUT2D eigenvalue weighted by Gasteiger charge is 2.36. The Morgan fingerprint density at radius 3 is 2.29 bits per heavy atom. The quantitative estimate of drug-likeness (QED) is 0.724. The average molecular weight is 214 g/mol. The second-order valence-electron chi connectivity index (χ2n) is 4.51. The molecule has 82 valence electrons. The second kappa shape index (κ2) is 5.22. The molecule has 1 rings (SSSR count). The molecule has 0 aromatic heterocycles. The third kappa shape index (κ3) is 3.03. The largest absolute Gasteiger partial charge is 0.388 e. The van der Waals surface area contributed by atoms with E-state index in [1.54, 1.807) is 0 Å². The SMILES string of the molecule is C=CC(SC(C)C)C1(O)CCCCC1. The zero-order valence-electron chi connectivity index (χ0n) is 9.33. The minimum atomic E-state index is -0.477. The smallest absolute Gasteiger partial charge is 0.0800 e. The van der Waals surface area contributed by atoms with Crippen LogP contribution in [0.25, 0.3) is 0 Å². The van der Waals surface area contributed by atoms with Crippen molar-refractivity contribution in [1.29, 1.82) is 0 Å². The molecule has 1 aliphatic carbocycles. The fourth-order valence-electron chi connectivity index (χ4n) is 2.14. The Morgan fingerprint density at radius 1 is 1.29 bits per heavy atom. The molecule has 1 fully saturated rings. The van der Waals surface area contributed by atoms with E-state index in [0.717, 1.165) is 12.8 Å². The van der Waals surface area contributed by atoms with Crippen LogP contribution in [0.1, 0.15) is 46.0 Å². The monoisotopic (exact) mass is 214 g/mol. The van der Waals surface area contributed by atoms with Crippen molar-refractivity contribution in [1.82, 2.24) is 0 Å². The van der Waals surface area contributed by atoms with Crippen LogP contribution in [-0.2, 0) is 0 Å². The van der Waals surface area contributed by atoms with Crippen molar-refractivity contribution in [2.75, 3.05) is 0 Å². The maximum absolute atomic E-state index is 10.5. The van der Waals surface area contributed by atoms with Gasteiger partial charge in [-0.1, -0.05) is 39.2 Å². The summed E-state index contributed by atoms with van der Waals surface area (Å²) in [6, 6.07) is 0. The van der Waals surface area contributed by atoms with E-state index in [9.17, 15) is 5.11 Å². The van der Waals surface area contributed by atoms with Crippen molar-refractivity contribution in [3.63, 3.8) is 0 Å². The van der Waals surface area contributed by atoms with Crippen molar-refractivity contribution in [3.05, 3.63) is 12.7 Å². The number of hydrogen-bond donors (Lipinski definition) is 1. The Labute approximate surface area is 92.0 Å². The van der Waals surface area contributed by atoms with E-state index in [1.807, 2.05) is 17.8 Å². The molecule has 14 heavy (non-hydrogen) atoms. The van der Waals surface area contributed by atoms with E-state index in [0.29, 0.717) is 5.25 Å². The minimum Gasteiger partial charge on any atom is -0.388 e. The van der Waals surface area contributed by atoms with Crippen LogP contribution in [0.2, 0.25) is 0 Å². The zero-order chi connectivity index (χ0) is 10.6. The van der Waals surface area contributed by atoms with Crippen LogP contribution < -0.4 is 0 Å². The average Bonchev–Trinajstić information content (AvgIpc) is 2.15. The molecule has 0 bridgehead atoms. The van der Waals surface area contributed by atoms with E-state index >= 15 is 0 Å². The zero-order valence-corrected chi connectivity index (χ0v) is 10.1. The maximum Gasteiger partial charge on any atom is 0.0800 e. The molecule has 0 saturated heterocycles. The normalized spacial score (nSPS) is 23.4. The van der Waals surface area contributed by atoms with Crippen LogP contribution in [0.15, 0.2) is 12.7 Å². The van der Waals surface area contributed by atoms with Crippen LogP contribution in [0, 0.1) is 0 Å². The molecule has 0 aromatic rings. The number of hydrogen-bond acceptors (Lipinski definition) is 2. The number of thioether (sulfide) groups is 1. The van der Waals surface area contributed by atoms with Crippen molar-refractivity contribution in [2.45, 2.75) is 62.1 Å². The molecule has 1 atom stereocenters. The summed E-state index contributed by atoms with van der Waals surface area (Å²) in [4.78, 5) is 0. The summed E-state index contributed by atoms with van der Waals surface area (Å²) in [7, 11) is 0. The highest BCUT2D eigenvalue weighted by Crippen LogP contribution is 2.38. The predicted molar refractivity (Wildman–Crippen MR) is 64.7 cm³/mol. The molecule has 0 amide bonds. The Morgan fingerprint density at radius 2 is 1.86 bits per heavy atom. The molecule has 1 aliphatic rings. The van der Waals surface area contributed by atoms with Gasteiger partial charge in [-0.2, -0.15) is 0 Å². The van der Waals surface area contributed by atoms with Gasteiger partial charge in [0, 0.05) is 0 Å². The first-order chi connectivity index (χ1) is 6.58. The lowest BCUT2D eigenvalue weighted by Gasteiger charge is -2.38. The number of rotatable bonds is 4. The lowest BCUT2D eigenvalue weighted by molar-refractivity contribution is 0.0119. The Kier molecular flexibility index (Phi) is 4.52. The summed E-state index contributed by atoms with van der Waals surface area (Å²) in [6.45, 7) is 8.20. The first kappa shape index (κ1) is 12.1. The van der Waals surface area contributed by atoms with Crippen LogP contribution in [-0.4, -0.2) is 21.2 Å². The molecule has 0 spiro atoms. The summed E-state index contributed by atoms with van der Waals surface area (Å²) in [5.74, 6) is 0. The lowest BCUT2D eigenvalue weighted by atomic mass is 9.82. The van der Waals surface area contributed by atoms with E-state index in [4.69, 9.17) is 0 Å². The Hall–Kier alpha value is 0.0500. The van der Waals surface area contributed by atoms with E-state index < -0.39 is 5.60 Å². The van der Waals surface area contributed by atoms with Gasteiger partial charge in [-0.3, -0.25) is 0 Å². The molecule has 1 N–H and O–H groups in total. The summed E-state index contributed by atoms with van der Waals surface area (Å²) < 4.78 is 0. The predicted octanol–water partition coefficient (Wildman–Crippen LogP) is 3.38. The van der Waals surface area contributed by atoms with Gasteiger partial charge in [-0.25, -0.2) is 0 Å². The van der Waals surface area contributed by atoms with Crippen molar-refractivity contribution < 1.29 is 5.11 Å². The van der Waals surface area contributed by atoms with Gasteiger partial charge < -0.3 is 5.11 Å². The Balaban J connectivity index is 2.60. The van der Waals surface area contributed by atoms with Gasteiger partial charge in [-0.05, 0) is 18.1 Å². The molecule has 1 unspecified atom stereocenters. The molecule has 0 aromatic carbocycles. The first-order valence-electron chi connectivity index (χ1n) is 5.59. The summed E-state index contributed by atoms with van der Waals surface area (Å²) in [5, 5.41) is 11.3. The van der Waals surface area contributed by atoms with E-state index in [1.165, 1.54) is 19.3 Å². The van der Waals surface area contributed by atoms with Crippen molar-refractivity contribution >= 4 is 11.8 Å². The molecule has 1 nitrogen and oxygen atoms in total. The maximum atomic E-state index is 10.5. The number of aliphatic hydroxyl groups is 1. The molecule has 0 radical (unpaired) electrons. The topological polar surface area (TPSA) is 20.2 Å². The minimum absolute atomic E-state index is 0.211. The van der Waals surface area contributed by atoms with Gasteiger partial charge >= 0.3 is 0 Å². The second-order valence-corrected chi connectivity index (χ2v) is 6.23. The van der Waals surface area contributed by atoms with Gasteiger partial charge in [-0.15, -0.1) is 18.3 Å². The summed E-state index contributed by atoms with van der Waals surface area (Å²) in [5.41, 5.74) is -0.477. The van der Waals surface area contributed by atoms with Crippen LogP contribution >= 0.6 is 11.8 Å². The van der Waals surface area contributed by atoms with Gasteiger partial charge in [0.1, 0.15) is 0 Å². The molecular formula is C12H22OS. The van der Waals surface area contributed by atoms with Crippen LogP contribution in [0.5, 0.6) is 0 Å². The fourth-order valence-corrected chi connectivity index (χ4v) is 3.33. The molecular weight excluding hydrogens is 192 g/mol. The van der Waals surface area contributed by atoms with Crippen LogP contribution in [0.3, 0.4) is 0 Å².